The smallest absolute Gasteiger partial charge is 0.161 e. The highest BCUT2D eigenvalue weighted by molar-refractivity contribution is 8.01. The van der Waals surface area contributed by atoms with Crippen LogP contribution in [-0.2, 0) is 0 Å². The number of benzene rings is 1. The minimum Gasteiger partial charge on any atom is -0.206 e. The molecule has 80 valence electrons. The van der Waals surface area contributed by atoms with Crippen LogP contribution in [0.3, 0.4) is 0 Å². The largest absolute Gasteiger partial charge is 0.206 e. The lowest BCUT2D eigenvalue weighted by Gasteiger charge is -1.99. The Morgan fingerprint density at radius 1 is 1.44 bits per heavy atom. The normalized spacial score (nSPS) is 10.1. The van der Waals surface area contributed by atoms with E-state index >= 15 is 0 Å². The van der Waals surface area contributed by atoms with Gasteiger partial charge < -0.3 is 0 Å². The van der Waals surface area contributed by atoms with Gasteiger partial charge in [0.05, 0.1) is 0 Å². The molecule has 0 saturated heterocycles. The topological polar surface area (TPSA) is 36.7 Å². The van der Waals surface area contributed by atoms with Gasteiger partial charge in [-0.1, -0.05) is 35.5 Å². The van der Waals surface area contributed by atoms with Crippen molar-refractivity contribution in [2.75, 3.05) is 0 Å². The summed E-state index contributed by atoms with van der Waals surface area (Å²) in [5, 5.41) is 9.03. The van der Waals surface area contributed by atoms with E-state index in [4.69, 9.17) is 16.9 Å². The van der Waals surface area contributed by atoms with E-state index in [0.717, 1.165) is 23.3 Å². The first-order valence-corrected chi connectivity index (χ1v) is 6.17. The van der Waals surface area contributed by atoms with E-state index in [1.54, 1.807) is 18.2 Å². The van der Waals surface area contributed by atoms with Gasteiger partial charge in [0.1, 0.15) is 21.7 Å². The van der Waals surface area contributed by atoms with Crippen molar-refractivity contribution in [1.82, 2.24) is 4.37 Å². The van der Waals surface area contributed by atoms with Crippen molar-refractivity contribution < 1.29 is 4.39 Å². The van der Waals surface area contributed by atoms with Gasteiger partial charge in [-0.05, 0) is 23.7 Å². The molecular weight excluding hydrogens is 267 g/mol. The summed E-state index contributed by atoms with van der Waals surface area (Å²) in [5.74, 6) is -0.319. The summed E-state index contributed by atoms with van der Waals surface area (Å²) in [7, 11) is 0. The molecule has 16 heavy (non-hydrogen) atoms. The van der Waals surface area contributed by atoms with E-state index in [9.17, 15) is 4.39 Å². The Morgan fingerprint density at radius 2 is 2.19 bits per heavy atom. The van der Waals surface area contributed by atoms with Crippen molar-refractivity contribution in [3.8, 4) is 6.07 Å². The molecular formula is C10H4ClFN2S2. The van der Waals surface area contributed by atoms with E-state index in [-0.39, 0.29) is 11.0 Å². The van der Waals surface area contributed by atoms with Crippen molar-refractivity contribution in [3.63, 3.8) is 0 Å². The average molecular weight is 271 g/mol. The minimum absolute atomic E-state index is 0.173. The van der Waals surface area contributed by atoms with Crippen LogP contribution in [0.4, 0.5) is 4.39 Å². The molecule has 2 rings (SSSR count). The maximum absolute atomic E-state index is 13.4. The molecule has 0 aliphatic carbocycles. The van der Waals surface area contributed by atoms with E-state index in [2.05, 4.69) is 4.37 Å². The van der Waals surface area contributed by atoms with Crippen molar-refractivity contribution >= 4 is 34.9 Å². The van der Waals surface area contributed by atoms with E-state index in [0.29, 0.717) is 14.7 Å². The van der Waals surface area contributed by atoms with Crippen LogP contribution in [0.1, 0.15) is 5.56 Å². The van der Waals surface area contributed by atoms with Gasteiger partial charge in [-0.3, -0.25) is 0 Å². The number of hydrogen-bond acceptors (Lipinski definition) is 4. The number of nitrogens with zero attached hydrogens (tertiary/aromatic N) is 2. The standard InChI is InChI=1S/C10H4ClFN2S2/c11-9-6(5-13)10(16-14-9)15-8-4-2-1-3-7(8)12/h1-4H. The number of nitriles is 1. The molecule has 6 heteroatoms. The Labute approximate surface area is 105 Å². The molecule has 0 spiro atoms. The van der Waals surface area contributed by atoms with Crippen LogP contribution in [0.5, 0.6) is 0 Å². The second-order valence-corrected chi connectivity index (χ2v) is 5.22. The lowest BCUT2D eigenvalue weighted by molar-refractivity contribution is 0.602. The fraction of sp³-hybridized carbons (Fsp3) is 0. The van der Waals surface area contributed by atoms with Gasteiger partial charge in [-0.2, -0.15) is 9.64 Å². The molecule has 0 radical (unpaired) electrons. The highest BCUT2D eigenvalue weighted by Crippen LogP contribution is 2.37. The molecule has 0 aliphatic heterocycles. The Hall–Kier alpha value is -1.09. The van der Waals surface area contributed by atoms with Crippen molar-refractivity contribution in [2.24, 2.45) is 0 Å². The fourth-order valence-corrected chi connectivity index (χ4v) is 3.17. The van der Waals surface area contributed by atoms with Crippen LogP contribution in [0.2, 0.25) is 5.15 Å². The molecule has 0 unspecified atom stereocenters. The minimum atomic E-state index is -0.319. The van der Waals surface area contributed by atoms with Gasteiger partial charge in [0, 0.05) is 4.90 Å². The number of hydrogen-bond donors (Lipinski definition) is 0. The predicted octanol–water partition coefficient (Wildman–Crippen LogP) is 3.96. The lowest BCUT2D eigenvalue weighted by Crippen LogP contribution is -1.79. The van der Waals surface area contributed by atoms with Crippen LogP contribution < -0.4 is 0 Å². The highest BCUT2D eigenvalue weighted by atomic mass is 35.5. The summed E-state index contributed by atoms with van der Waals surface area (Å²) in [5.41, 5.74) is 0.305. The Balaban J connectivity index is 2.35. The second kappa shape index (κ2) is 4.83. The maximum atomic E-state index is 13.4. The Bertz CT molecular complexity index is 562. The van der Waals surface area contributed by atoms with Gasteiger partial charge in [0.2, 0.25) is 0 Å². The van der Waals surface area contributed by atoms with E-state index in [1.165, 1.54) is 6.07 Å². The molecule has 0 atom stereocenters. The summed E-state index contributed by atoms with van der Waals surface area (Å²) in [6.07, 6.45) is 0. The first kappa shape index (κ1) is 11.4. The van der Waals surface area contributed by atoms with Gasteiger partial charge in [-0.25, -0.2) is 4.39 Å². The van der Waals surface area contributed by atoms with Crippen molar-refractivity contribution in [1.29, 1.82) is 5.26 Å². The van der Waals surface area contributed by atoms with Gasteiger partial charge in [-0.15, -0.1) is 0 Å². The molecule has 2 aromatic rings. The predicted molar refractivity (Wildman–Crippen MR) is 62.4 cm³/mol. The Morgan fingerprint density at radius 3 is 2.88 bits per heavy atom. The SMILES string of the molecule is N#Cc1c(Cl)nsc1Sc1ccccc1F. The summed E-state index contributed by atoms with van der Waals surface area (Å²) in [6.45, 7) is 0. The highest BCUT2D eigenvalue weighted by Gasteiger charge is 2.14. The monoisotopic (exact) mass is 270 g/mol. The van der Waals surface area contributed by atoms with Gasteiger partial charge in [0.25, 0.3) is 0 Å². The molecule has 0 amide bonds. The molecule has 0 aliphatic rings. The molecule has 0 fully saturated rings. The number of rotatable bonds is 2. The summed E-state index contributed by atoms with van der Waals surface area (Å²) >= 11 is 7.98. The van der Waals surface area contributed by atoms with Crippen LogP contribution >= 0.6 is 34.9 Å². The number of aromatic nitrogens is 1. The third-order valence-corrected chi connectivity index (χ3v) is 4.20. The van der Waals surface area contributed by atoms with Crippen LogP contribution in [0, 0.1) is 17.1 Å². The first-order chi connectivity index (χ1) is 7.72. The zero-order valence-corrected chi connectivity index (χ0v) is 10.2. The molecule has 0 bridgehead atoms. The van der Waals surface area contributed by atoms with Crippen molar-refractivity contribution in [2.45, 2.75) is 9.10 Å². The van der Waals surface area contributed by atoms with Crippen molar-refractivity contribution in [3.05, 3.63) is 40.8 Å². The quantitative estimate of drug-likeness (QED) is 0.829. The summed E-state index contributed by atoms with van der Waals surface area (Å²) in [4.78, 5) is 0.458. The molecule has 2 nitrogen and oxygen atoms in total. The molecule has 1 aromatic carbocycles. The lowest BCUT2D eigenvalue weighted by atomic mass is 10.3. The number of halogens is 2. The Kier molecular flexibility index (Phi) is 3.44. The van der Waals surface area contributed by atoms with Crippen LogP contribution in [0.25, 0.3) is 0 Å². The molecule has 0 N–H and O–H groups in total. The molecule has 1 heterocycles. The zero-order chi connectivity index (χ0) is 11.5. The summed E-state index contributed by atoms with van der Waals surface area (Å²) < 4.78 is 17.8. The third kappa shape index (κ3) is 2.19. The zero-order valence-electron chi connectivity index (χ0n) is 7.78. The second-order valence-electron chi connectivity index (χ2n) is 2.78. The summed E-state index contributed by atoms with van der Waals surface area (Å²) in [6, 6.07) is 8.33. The molecule has 0 saturated carbocycles. The van der Waals surface area contributed by atoms with E-state index < -0.39 is 0 Å². The van der Waals surface area contributed by atoms with Gasteiger partial charge >= 0.3 is 0 Å². The van der Waals surface area contributed by atoms with Crippen LogP contribution in [0.15, 0.2) is 33.4 Å². The molecule has 1 aromatic heterocycles. The third-order valence-electron chi connectivity index (χ3n) is 1.77. The maximum Gasteiger partial charge on any atom is 0.161 e. The first-order valence-electron chi connectivity index (χ1n) is 4.20. The van der Waals surface area contributed by atoms with E-state index in [1.807, 2.05) is 6.07 Å². The fourth-order valence-electron chi connectivity index (χ4n) is 1.05. The van der Waals surface area contributed by atoms with Gasteiger partial charge in [0.15, 0.2) is 5.15 Å². The average Bonchev–Trinajstić information content (AvgIpc) is 2.63. The van der Waals surface area contributed by atoms with Crippen LogP contribution in [-0.4, -0.2) is 4.37 Å².